The fourth-order valence-corrected chi connectivity index (χ4v) is 3.24. The molecule has 1 atom stereocenters. The lowest BCUT2D eigenvalue weighted by Crippen LogP contribution is -2.19. The van der Waals surface area contributed by atoms with E-state index in [1.807, 2.05) is 30.3 Å². The fourth-order valence-electron chi connectivity index (χ4n) is 1.90. The summed E-state index contributed by atoms with van der Waals surface area (Å²) in [6.45, 7) is 2.94. The summed E-state index contributed by atoms with van der Waals surface area (Å²) in [5.41, 5.74) is 1.15. The predicted molar refractivity (Wildman–Crippen MR) is 85.7 cm³/mol. The Balaban J connectivity index is 2.05. The van der Waals surface area contributed by atoms with Crippen LogP contribution in [0.5, 0.6) is 0 Å². The highest BCUT2D eigenvalue weighted by Crippen LogP contribution is 2.28. The molecule has 1 nitrogen and oxygen atoms in total. The molecular weight excluding hydrogens is 321 g/mol. The van der Waals surface area contributed by atoms with E-state index in [0.717, 1.165) is 22.9 Å². The number of benzene rings is 1. The van der Waals surface area contributed by atoms with Gasteiger partial charge in [-0.1, -0.05) is 47.8 Å². The van der Waals surface area contributed by atoms with Gasteiger partial charge >= 0.3 is 0 Å². The largest absolute Gasteiger partial charge is 0.305 e. The molecule has 0 bridgehead atoms. The summed E-state index contributed by atoms with van der Waals surface area (Å²) in [5, 5.41) is 4.70. The molecule has 0 aliphatic carbocycles. The van der Waals surface area contributed by atoms with Crippen LogP contribution in [0.15, 0.2) is 30.3 Å². The number of hydrogen-bond donors (Lipinski definition) is 1. The molecular formula is C14H14Cl3NS. The normalized spacial score (nSPS) is 12.6. The fraction of sp³-hybridized carbons (Fsp3) is 0.286. The van der Waals surface area contributed by atoms with Crippen molar-refractivity contribution in [1.29, 1.82) is 0 Å². The summed E-state index contributed by atoms with van der Waals surface area (Å²) in [5.74, 6) is 0. The van der Waals surface area contributed by atoms with Gasteiger partial charge in [0.05, 0.1) is 14.4 Å². The highest BCUT2D eigenvalue weighted by atomic mass is 35.5. The van der Waals surface area contributed by atoms with Crippen LogP contribution in [0.2, 0.25) is 14.4 Å². The van der Waals surface area contributed by atoms with E-state index in [2.05, 4.69) is 12.2 Å². The van der Waals surface area contributed by atoms with Crippen molar-refractivity contribution in [2.24, 2.45) is 0 Å². The highest BCUT2D eigenvalue weighted by molar-refractivity contribution is 7.16. The average Bonchev–Trinajstić information content (AvgIpc) is 2.80. The van der Waals surface area contributed by atoms with Crippen LogP contribution in [0, 0.1) is 0 Å². The van der Waals surface area contributed by atoms with Gasteiger partial charge in [-0.2, -0.15) is 0 Å². The van der Waals surface area contributed by atoms with Crippen molar-refractivity contribution >= 4 is 46.1 Å². The molecule has 0 saturated carbocycles. The number of rotatable bonds is 5. The monoisotopic (exact) mass is 333 g/mol. The molecule has 0 aliphatic rings. The van der Waals surface area contributed by atoms with Crippen molar-refractivity contribution in [2.75, 3.05) is 0 Å². The van der Waals surface area contributed by atoms with E-state index in [1.54, 1.807) is 11.3 Å². The molecule has 0 fully saturated rings. The first kappa shape index (κ1) is 15.1. The van der Waals surface area contributed by atoms with Gasteiger partial charge in [-0.15, -0.1) is 11.3 Å². The van der Waals surface area contributed by atoms with Gasteiger partial charge < -0.3 is 5.32 Å². The standard InChI is InChI=1S/C14H14Cl3NS/c1-2-13(9-3-5-11(15)12(16)7-9)18-8-10-4-6-14(17)19-10/h3-7,13,18H,2,8H2,1H3. The lowest BCUT2D eigenvalue weighted by atomic mass is 10.0. The molecule has 0 saturated heterocycles. The quantitative estimate of drug-likeness (QED) is 0.712. The van der Waals surface area contributed by atoms with Crippen LogP contribution in [0.3, 0.4) is 0 Å². The number of hydrogen-bond acceptors (Lipinski definition) is 2. The van der Waals surface area contributed by atoms with Gasteiger partial charge in [-0.3, -0.25) is 0 Å². The van der Waals surface area contributed by atoms with Gasteiger partial charge in [-0.25, -0.2) is 0 Å². The van der Waals surface area contributed by atoms with E-state index >= 15 is 0 Å². The Hall–Kier alpha value is -0.250. The minimum absolute atomic E-state index is 0.260. The van der Waals surface area contributed by atoms with Crippen molar-refractivity contribution in [1.82, 2.24) is 5.32 Å². The van der Waals surface area contributed by atoms with Gasteiger partial charge in [0.2, 0.25) is 0 Å². The third kappa shape index (κ3) is 4.11. The molecule has 1 aromatic heterocycles. The molecule has 0 radical (unpaired) electrons. The minimum Gasteiger partial charge on any atom is -0.305 e. The minimum atomic E-state index is 0.260. The molecule has 2 rings (SSSR count). The van der Waals surface area contributed by atoms with Crippen LogP contribution in [-0.2, 0) is 6.54 Å². The number of halogens is 3. The van der Waals surface area contributed by atoms with E-state index in [-0.39, 0.29) is 6.04 Å². The van der Waals surface area contributed by atoms with Crippen molar-refractivity contribution in [3.8, 4) is 0 Å². The Labute approximate surface area is 132 Å². The number of nitrogens with one attached hydrogen (secondary N) is 1. The molecule has 1 N–H and O–H groups in total. The van der Waals surface area contributed by atoms with Crippen LogP contribution < -0.4 is 5.32 Å². The van der Waals surface area contributed by atoms with Crippen LogP contribution in [0.4, 0.5) is 0 Å². The summed E-state index contributed by atoms with van der Waals surface area (Å²) < 4.78 is 0.819. The zero-order chi connectivity index (χ0) is 13.8. The SMILES string of the molecule is CCC(NCc1ccc(Cl)s1)c1ccc(Cl)c(Cl)c1. The topological polar surface area (TPSA) is 12.0 Å². The number of thiophene rings is 1. The Bertz CT molecular complexity index is 553. The molecule has 5 heteroatoms. The molecule has 1 aromatic carbocycles. The second-order valence-electron chi connectivity index (χ2n) is 4.22. The summed E-state index contributed by atoms with van der Waals surface area (Å²) in [4.78, 5) is 1.23. The molecule has 102 valence electrons. The zero-order valence-corrected chi connectivity index (χ0v) is 13.5. The van der Waals surface area contributed by atoms with Gasteiger partial charge in [-0.05, 0) is 36.2 Å². The van der Waals surface area contributed by atoms with Gasteiger partial charge in [0.1, 0.15) is 0 Å². The Morgan fingerprint density at radius 2 is 1.89 bits per heavy atom. The maximum atomic E-state index is 6.06. The molecule has 2 aromatic rings. The third-order valence-electron chi connectivity index (χ3n) is 2.91. The van der Waals surface area contributed by atoms with E-state index in [4.69, 9.17) is 34.8 Å². The molecule has 0 amide bonds. The molecule has 0 spiro atoms. The third-order valence-corrected chi connectivity index (χ3v) is 4.88. The smallest absolute Gasteiger partial charge is 0.0931 e. The summed E-state index contributed by atoms with van der Waals surface area (Å²) in [6, 6.07) is 10.00. The van der Waals surface area contributed by atoms with Crippen molar-refractivity contribution in [3.63, 3.8) is 0 Å². The maximum absolute atomic E-state index is 6.06. The van der Waals surface area contributed by atoms with Crippen molar-refractivity contribution in [3.05, 3.63) is 55.2 Å². The molecule has 1 heterocycles. The van der Waals surface area contributed by atoms with Gasteiger partial charge in [0.25, 0.3) is 0 Å². The Morgan fingerprint density at radius 3 is 2.47 bits per heavy atom. The van der Waals surface area contributed by atoms with Gasteiger partial charge in [0.15, 0.2) is 0 Å². The lowest BCUT2D eigenvalue weighted by Gasteiger charge is -2.17. The average molecular weight is 335 g/mol. The first-order valence-corrected chi connectivity index (χ1v) is 7.97. The Morgan fingerprint density at radius 1 is 1.11 bits per heavy atom. The summed E-state index contributed by atoms with van der Waals surface area (Å²) >= 11 is 19.5. The van der Waals surface area contributed by atoms with Crippen LogP contribution in [0.1, 0.15) is 29.8 Å². The first-order chi connectivity index (χ1) is 9.10. The first-order valence-electron chi connectivity index (χ1n) is 6.02. The van der Waals surface area contributed by atoms with E-state index in [9.17, 15) is 0 Å². The summed E-state index contributed by atoms with van der Waals surface area (Å²) in [7, 11) is 0. The summed E-state index contributed by atoms with van der Waals surface area (Å²) in [6.07, 6.45) is 0.983. The van der Waals surface area contributed by atoms with Gasteiger partial charge in [0, 0.05) is 17.5 Å². The molecule has 19 heavy (non-hydrogen) atoms. The molecule has 1 unspecified atom stereocenters. The van der Waals surface area contributed by atoms with Crippen molar-refractivity contribution in [2.45, 2.75) is 25.9 Å². The second-order valence-corrected chi connectivity index (χ2v) is 6.84. The molecule has 0 aliphatic heterocycles. The van der Waals surface area contributed by atoms with E-state index < -0.39 is 0 Å². The second kappa shape index (κ2) is 6.96. The predicted octanol–water partition coefficient (Wildman–Crippen LogP) is 5.95. The lowest BCUT2D eigenvalue weighted by molar-refractivity contribution is 0.522. The van der Waals surface area contributed by atoms with E-state index in [0.29, 0.717) is 10.0 Å². The van der Waals surface area contributed by atoms with Crippen LogP contribution in [0.25, 0.3) is 0 Å². The van der Waals surface area contributed by atoms with Crippen LogP contribution >= 0.6 is 46.1 Å². The van der Waals surface area contributed by atoms with Crippen molar-refractivity contribution < 1.29 is 0 Å². The highest BCUT2D eigenvalue weighted by Gasteiger charge is 2.11. The van der Waals surface area contributed by atoms with Crippen LogP contribution in [-0.4, -0.2) is 0 Å². The van der Waals surface area contributed by atoms with E-state index in [1.165, 1.54) is 4.88 Å². The Kier molecular flexibility index (Phi) is 5.55. The maximum Gasteiger partial charge on any atom is 0.0931 e. The zero-order valence-electron chi connectivity index (χ0n) is 10.4.